The molecule has 0 spiro atoms. The second kappa shape index (κ2) is 8.73. The Morgan fingerprint density at radius 2 is 2.05 bits per heavy atom. The van der Waals surface area contributed by atoms with Crippen LogP contribution >= 0.6 is 12.4 Å². The van der Waals surface area contributed by atoms with Crippen molar-refractivity contribution in [2.45, 2.75) is 45.6 Å². The van der Waals surface area contributed by atoms with E-state index in [-0.39, 0.29) is 36.2 Å². The number of rotatable bonds is 5. The molecule has 2 unspecified atom stereocenters. The molecule has 22 heavy (non-hydrogen) atoms. The number of halogens is 1. The lowest BCUT2D eigenvalue weighted by Gasteiger charge is -2.38. The number of hydrogen-bond acceptors (Lipinski definition) is 3. The van der Waals surface area contributed by atoms with Crippen LogP contribution in [0.25, 0.3) is 0 Å². The zero-order valence-corrected chi connectivity index (χ0v) is 14.8. The molecule has 2 aliphatic heterocycles. The lowest BCUT2D eigenvalue weighted by Crippen LogP contribution is -2.54. The summed E-state index contributed by atoms with van der Waals surface area (Å²) in [5.41, 5.74) is 0. The van der Waals surface area contributed by atoms with Gasteiger partial charge in [0.25, 0.3) is 0 Å². The summed E-state index contributed by atoms with van der Waals surface area (Å²) in [6, 6.07) is -0.270. The summed E-state index contributed by atoms with van der Waals surface area (Å²) >= 11 is 0. The molecule has 2 saturated heterocycles. The second-order valence-electron chi connectivity index (χ2n) is 6.73. The quantitative estimate of drug-likeness (QED) is 0.831. The van der Waals surface area contributed by atoms with Crippen molar-refractivity contribution in [2.24, 2.45) is 11.8 Å². The summed E-state index contributed by atoms with van der Waals surface area (Å²) < 4.78 is 0. The van der Waals surface area contributed by atoms with Gasteiger partial charge in [-0.25, -0.2) is 0 Å². The van der Waals surface area contributed by atoms with Gasteiger partial charge in [0.05, 0.1) is 0 Å². The molecule has 0 saturated carbocycles. The third-order valence-electron chi connectivity index (χ3n) is 4.65. The van der Waals surface area contributed by atoms with E-state index in [1.807, 2.05) is 30.7 Å². The van der Waals surface area contributed by atoms with Crippen molar-refractivity contribution < 1.29 is 9.59 Å². The second-order valence-corrected chi connectivity index (χ2v) is 6.73. The van der Waals surface area contributed by atoms with Crippen molar-refractivity contribution in [3.05, 3.63) is 0 Å². The molecule has 0 radical (unpaired) electrons. The molecule has 0 aromatic carbocycles. The Balaban J connectivity index is 0.00000242. The molecule has 0 aliphatic carbocycles. The number of likely N-dealkylation sites (tertiary alicyclic amines) is 2. The number of carbonyl (C=O) groups excluding carboxylic acids is 2. The van der Waals surface area contributed by atoms with Gasteiger partial charge in [0.15, 0.2) is 0 Å². The van der Waals surface area contributed by atoms with Crippen molar-refractivity contribution in [2.75, 3.05) is 33.2 Å². The van der Waals surface area contributed by atoms with Crippen molar-refractivity contribution in [1.29, 1.82) is 0 Å². The fraction of sp³-hybridized carbons (Fsp3) is 0.875. The zero-order valence-electron chi connectivity index (χ0n) is 14.0. The number of carbonyl (C=O) groups is 2. The van der Waals surface area contributed by atoms with Gasteiger partial charge in [0.2, 0.25) is 11.8 Å². The number of piperidine rings is 1. The number of nitrogens with zero attached hydrogens (tertiary/aromatic N) is 2. The van der Waals surface area contributed by atoms with Gasteiger partial charge in [-0.15, -0.1) is 12.4 Å². The van der Waals surface area contributed by atoms with Crippen molar-refractivity contribution >= 4 is 24.2 Å². The highest BCUT2D eigenvalue weighted by atomic mass is 35.5. The van der Waals surface area contributed by atoms with Crippen LogP contribution in [0.15, 0.2) is 0 Å². The van der Waals surface area contributed by atoms with Crippen LogP contribution in [0.2, 0.25) is 0 Å². The molecule has 0 aromatic heterocycles. The summed E-state index contributed by atoms with van der Waals surface area (Å²) in [4.78, 5) is 28.8. The van der Waals surface area contributed by atoms with Gasteiger partial charge in [-0.3, -0.25) is 9.59 Å². The van der Waals surface area contributed by atoms with Gasteiger partial charge in [0, 0.05) is 26.1 Å². The molecule has 2 aliphatic rings. The minimum absolute atomic E-state index is 0. The van der Waals surface area contributed by atoms with E-state index in [2.05, 4.69) is 5.32 Å². The summed E-state index contributed by atoms with van der Waals surface area (Å²) in [6.07, 6.45) is 3.73. The number of amides is 2. The highest BCUT2D eigenvalue weighted by molar-refractivity contribution is 5.89. The first-order chi connectivity index (χ1) is 10.0. The molecule has 1 N–H and O–H groups in total. The smallest absolute Gasteiger partial charge is 0.245 e. The minimum atomic E-state index is -0.270. The van der Waals surface area contributed by atoms with E-state index in [1.165, 1.54) is 6.42 Å². The molecule has 128 valence electrons. The van der Waals surface area contributed by atoms with E-state index in [0.717, 1.165) is 39.0 Å². The highest BCUT2D eigenvalue weighted by Gasteiger charge is 2.38. The average molecular weight is 332 g/mol. The van der Waals surface area contributed by atoms with E-state index >= 15 is 0 Å². The van der Waals surface area contributed by atoms with Crippen LogP contribution in [0.1, 0.15) is 39.5 Å². The van der Waals surface area contributed by atoms with Crippen molar-refractivity contribution in [3.8, 4) is 0 Å². The van der Waals surface area contributed by atoms with Gasteiger partial charge >= 0.3 is 0 Å². The Hall–Kier alpha value is -0.810. The fourth-order valence-electron chi connectivity index (χ4n) is 3.65. The predicted octanol–water partition coefficient (Wildman–Crippen LogP) is 1.51. The van der Waals surface area contributed by atoms with Crippen LogP contribution in [0.4, 0.5) is 0 Å². The molecule has 2 atom stereocenters. The monoisotopic (exact) mass is 331 g/mol. The molecule has 6 heteroatoms. The number of hydrogen-bond donors (Lipinski definition) is 1. The lowest BCUT2D eigenvalue weighted by molar-refractivity contribution is -0.146. The molecule has 0 bridgehead atoms. The van der Waals surface area contributed by atoms with Crippen molar-refractivity contribution in [3.63, 3.8) is 0 Å². The van der Waals surface area contributed by atoms with Gasteiger partial charge in [0.1, 0.15) is 6.04 Å². The molecular weight excluding hydrogens is 302 g/mol. The summed E-state index contributed by atoms with van der Waals surface area (Å²) in [6.45, 7) is 7.45. The average Bonchev–Trinajstić information content (AvgIpc) is 2.85. The van der Waals surface area contributed by atoms with Crippen LogP contribution in [-0.2, 0) is 9.59 Å². The minimum Gasteiger partial charge on any atom is -0.341 e. The van der Waals surface area contributed by atoms with Crippen LogP contribution < -0.4 is 5.32 Å². The van der Waals surface area contributed by atoms with E-state index in [0.29, 0.717) is 12.3 Å². The Morgan fingerprint density at radius 3 is 2.59 bits per heavy atom. The summed E-state index contributed by atoms with van der Waals surface area (Å²) in [5.74, 6) is 1.01. The first-order valence-corrected chi connectivity index (χ1v) is 8.27. The molecule has 2 fully saturated rings. The van der Waals surface area contributed by atoms with E-state index in [9.17, 15) is 9.59 Å². The molecular formula is C16H30ClN3O2. The maximum absolute atomic E-state index is 12.9. The Bertz CT molecular complexity index is 388. The third-order valence-corrected chi connectivity index (χ3v) is 4.65. The van der Waals surface area contributed by atoms with Crippen molar-refractivity contribution in [1.82, 2.24) is 15.1 Å². The predicted molar refractivity (Wildman–Crippen MR) is 90.1 cm³/mol. The maximum Gasteiger partial charge on any atom is 0.245 e. The fourth-order valence-corrected chi connectivity index (χ4v) is 3.65. The van der Waals surface area contributed by atoms with Crippen LogP contribution in [0.3, 0.4) is 0 Å². The Labute approximate surface area is 140 Å². The Kier molecular flexibility index (Phi) is 7.63. The van der Waals surface area contributed by atoms with Crippen LogP contribution in [-0.4, -0.2) is 60.9 Å². The van der Waals surface area contributed by atoms with Gasteiger partial charge in [-0.2, -0.15) is 0 Å². The first kappa shape index (κ1) is 19.2. The van der Waals surface area contributed by atoms with Crippen LogP contribution in [0.5, 0.6) is 0 Å². The molecule has 2 amide bonds. The first-order valence-electron chi connectivity index (χ1n) is 8.27. The topological polar surface area (TPSA) is 52.7 Å². The Morgan fingerprint density at radius 1 is 1.32 bits per heavy atom. The van der Waals surface area contributed by atoms with Gasteiger partial charge in [-0.05, 0) is 44.7 Å². The van der Waals surface area contributed by atoms with E-state index in [1.54, 1.807) is 0 Å². The number of nitrogens with one attached hydrogen (secondary N) is 1. The molecule has 0 aromatic rings. The zero-order chi connectivity index (χ0) is 15.4. The highest BCUT2D eigenvalue weighted by Crippen LogP contribution is 2.24. The van der Waals surface area contributed by atoms with Crippen LogP contribution in [0, 0.1) is 11.8 Å². The van der Waals surface area contributed by atoms with Gasteiger partial charge < -0.3 is 15.1 Å². The largest absolute Gasteiger partial charge is 0.341 e. The molecule has 5 nitrogen and oxygen atoms in total. The van der Waals surface area contributed by atoms with E-state index in [4.69, 9.17) is 0 Å². The maximum atomic E-state index is 12.9. The lowest BCUT2D eigenvalue weighted by atomic mass is 9.95. The molecule has 2 rings (SSSR count). The summed E-state index contributed by atoms with van der Waals surface area (Å²) in [5, 5.41) is 3.21. The molecule has 2 heterocycles. The standard InChI is InChI=1S/C16H29N3O2.ClH/c1-12(2)15(19-9-5-7-14(19)20)16(21)18-8-4-6-13(11-18)10-17-3;/h12-13,15,17H,4-11H2,1-3H3;1H. The normalized spacial score (nSPS) is 23.6. The third kappa shape index (κ3) is 4.35. The summed E-state index contributed by atoms with van der Waals surface area (Å²) in [7, 11) is 1.96. The SMILES string of the molecule is CNCC1CCCN(C(=O)C(C(C)C)N2CCCC2=O)C1.Cl. The van der Waals surface area contributed by atoms with E-state index < -0.39 is 0 Å². The van der Waals surface area contributed by atoms with Gasteiger partial charge in [-0.1, -0.05) is 13.8 Å².